The quantitative estimate of drug-likeness (QED) is 0.804. The first kappa shape index (κ1) is 13.9. The van der Waals surface area contributed by atoms with Crippen LogP contribution in [0.4, 0.5) is 11.4 Å². The Bertz CT molecular complexity index is 643. The van der Waals surface area contributed by atoms with Crippen LogP contribution >= 0.6 is 27.5 Å². The van der Waals surface area contributed by atoms with Crippen LogP contribution in [0.25, 0.3) is 0 Å². The van der Waals surface area contributed by atoms with Gasteiger partial charge < -0.3 is 11.1 Å². The third-order valence-electron chi connectivity index (χ3n) is 2.63. The Morgan fingerprint density at radius 1 is 1.26 bits per heavy atom. The summed E-state index contributed by atoms with van der Waals surface area (Å²) >= 11 is 9.19. The Hall–Kier alpha value is -1.52. The number of carbonyl (C=O) groups is 1. The molecule has 0 fully saturated rings. The lowest BCUT2D eigenvalue weighted by Crippen LogP contribution is -2.13. The minimum Gasteiger partial charge on any atom is -0.397 e. The van der Waals surface area contributed by atoms with Gasteiger partial charge in [0.1, 0.15) is 0 Å². The van der Waals surface area contributed by atoms with Crippen LogP contribution in [0.1, 0.15) is 15.9 Å². The monoisotopic (exact) mass is 338 g/mol. The number of nitrogen functional groups attached to an aromatic ring is 1. The summed E-state index contributed by atoms with van der Waals surface area (Å²) < 4.78 is 0.748. The van der Waals surface area contributed by atoms with Crippen molar-refractivity contribution in [3.63, 3.8) is 0 Å². The summed E-state index contributed by atoms with van der Waals surface area (Å²) in [6.45, 7) is 1.96. The summed E-state index contributed by atoms with van der Waals surface area (Å²) in [7, 11) is 0. The number of halogens is 2. The van der Waals surface area contributed by atoms with Crippen molar-refractivity contribution in [1.82, 2.24) is 0 Å². The maximum absolute atomic E-state index is 12.2. The van der Waals surface area contributed by atoms with Crippen molar-refractivity contribution in [3.05, 3.63) is 57.0 Å². The van der Waals surface area contributed by atoms with E-state index in [9.17, 15) is 4.79 Å². The van der Waals surface area contributed by atoms with E-state index in [4.69, 9.17) is 17.3 Å². The third kappa shape index (κ3) is 3.28. The standard InChI is InChI=1S/C14H12BrClN2O/c1-8-2-4-10(11(15)6-8)14(19)18-13-5-3-9(16)7-12(13)17/h2-7H,17H2,1H3,(H,18,19). The van der Waals surface area contributed by atoms with Crippen LogP contribution in [0.2, 0.25) is 5.02 Å². The van der Waals surface area contributed by atoms with Crippen LogP contribution < -0.4 is 11.1 Å². The lowest BCUT2D eigenvalue weighted by molar-refractivity contribution is 0.102. The molecule has 0 aliphatic heterocycles. The van der Waals surface area contributed by atoms with E-state index in [1.807, 2.05) is 19.1 Å². The van der Waals surface area contributed by atoms with E-state index in [0.29, 0.717) is 22.0 Å². The maximum atomic E-state index is 12.2. The average molecular weight is 340 g/mol. The Morgan fingerprint density at radius 3 is 2.63 bits per heavy atom. The first-order chi connectivity index (χ1) is 8.97. The highest BCUT2D eigenvalue weighted by Crippen LogP contribution is 2.25. The van der Waals surface area contributed by atoms with Gasteiger partial charge in [0.15, 0.2) is 0 Å². The van der Waals surface area contributed by atoms with E-state index in [0.717, 1.165) is 10.0 Å². The van der Waals surface area contributed by atoms with Gasteiger partial charge >= 0.3 is 0 Å². The highest BCUT2D eigenvalue weighted by Gasteiger charge is 2.11. The first-order valence-electron chi connectivity index (χ1n) is 5.60. The van der Waals surface area contributed by atoms with Gasteiger partial charge in [-0.1, -0.05) is 17.7 Å². The zero-order chi connectivity index (χ0) is 14.0. The summed E-state index contributed by atoms with van der Waals surface area (Å²) in [5.41, 5.74) is 8.41. The van der Waals surface area contributed by atoms with Gasteiger partial charge in [0.25, 0.3) is 5.91 Å². The van der Waals surface area contributed by atoms with Gasteiger partial charge in [0.2, 0.25) is 0 Å². The van der Waals surface area contributed by atoms with Crippen molar-refractivity contribution in [2.45, 2.75) is 6.92 Å². The molecule has 0 saturated carbocycles. The van der Waals surface area contributed by atoms with Gasteiger partial charge in [0, 0.05) is 9.50 Å². The molecular formula is C14H12BrClN2O. The number of carbonyl (C=O) groups excluding carboxylic acids is 1. The predicted molar refractivity (Wildman–Crippen MR) is 82.7 cm³/mol. The molecule has 0 aliphatic carbocycles. The Morgan fingerprint density at radius 2 is 2.00 bits per heavy atom. The molecule has 2 aromatic carbocycles. The SMILES string of the molecule is Cc1ccc(C(=O)Nc2ccc(Cl)cc2N)c(Br)c1. The summed E-state index contributed by atoms with van der Waals surface area (Å²) in [4.78, 5) is 12.2. The van der Waals surface area contributed by atoms with Gasteiger partial charge in [-0.05, 0) is 58.7 Å². The molecule has 0 aromatic heterocycles. The highest BCUT2D eigenvalue weighted by atomic mass is 79.9. The van der Waals surface area contributed by atoms with Gasteiger partial charge in [-0.25, -0.2) is 0 Å². The summed E-state index contributed by atoms with van der Waals surface area (Å²) in [6, 6.07) is 10.5. The smallest absolute Gasteiger partial charge is 0.256 e. The summed E-state index contributed by atoms with van der Waals surface area (Å²) in [5, 5.41) is 3.30. The van der Waals surface area contributed by atoms with Crippen molar-refractivity contribution >= 4 is 44.8 Å². The van der Waals surface area contributed by atoms with E-state index in [2.05, 4.69) is 21.2 Å². The average Bonchev–Trinajstić information content (AvgIpc) is 2.32. The molecule has 3 N–H and O–H groups in total. The Balaban J connectivity index is 2.25. The molecule has 2 rings (SSSR count). The van der Waals surface area contributed by atoms with Crippen molar-refractivity contribution in [3.8, 4) is 0 Å². The Kier molecular flexibility index (Phi) is 4.12. The number of hydrogen-bond acceptors (Lipinski definition) is 2. The van der Waals surface area contributed by atoms with E-state index >= 15 is 0 Å². The molecular weight excluding hydrogens is 328 g/mol. The molecule has 0 aliphatic rings. The molecule has 98 valence electrons. The molecule has 0 atom stereocenters. The highest BCUT2D eigenvalue weighted by molar-refractivity contribution is 9.10. The van der Waals surface area contributed by atoms with Crippen LogP contribution in [0, 0.1) is 6.92 Å². The van der Waals surface area contributed by atoms with Crippen molar-refractivity contribution in [2.24, 2.45) is 0 Å². The first-order valence-corrected chi connectivity index (χ1v) is 6.77. The predicted octanol–water partition coefficient (Wildman–Crippen LogP) is 4.25. The molecule has 5 heteroatoms. The number of nitrogens with one attached hydrogen (secondary N) is 1. The zero-order valence-corrected chi connectivity index (χ0v) is 12.5. The van der Waals surface area contributed by atoms with Gasteiger partial charge in [-0.2, -0.15) is 0 Å². The number of anilines is 2. The minimum absolute atomic E-state index is 0.221. The van der Waals surface area contributed by atoms with E-state index in [1.54, 1.807) is 24.3 Å². The second-order valence-corrected chi connectivity index (χ2v) is 5.46. The molecule has 0 bridgehead atoms. The molecule has 1 amide bonds. The fraction of sp³-hybridized carbons (Fsp3) is 0.0714. The van der Waals surface area contributed by atoms with Crippen molar-refractivity contribution < 1.29 is 4.79 Å². The molecule has 0 radical (unpaired) electrons. The zero-order valence-electron chi connectivity index (χ0n) is 10.2. The normalized spacial score (nSPS) is 10.3. The molecule has 0 spiro atoms. The van der Waals surface area contributed by atoms with Crippen LogP contribution in [0.15, 0.2) is 40.9 Å². The number of nitrogens with two attached hydrogens (primary N) is 1. The topological polar surface area (TPSA) is 55.1 Å². The largest absolute Gasteiger partial charge is 0.397 e. The third-order valence-corrected chi connectivity index (χ3v) is 3.52. The second-order valence-electron chi connectivity index (χ2n) is 4.17. The molecule has 0 saturated heterocycles. The van der Waals surface area contributed by atoms with E-state index in [-0.39, 0.29) is 5.91 Å². The molecule has 19 heavy (non-hydrogen) atoms. The second kappa shape index (κ2) is 5.63. The lowest BCUT2D eigenvalue weighted by atomic mass is 10.1. The Labute approximate surface area is 124 Å². The van der Waals surface area contributed by atoms with Gasteiger partial charge in [0.05, 0.1) is 16.9 Å². The number of hydrogen-bond donors (Lipinski definition) is 2. The lowest BCUT2D eigenvalue weighted by Gasteiger charge is -2.10. The molecule has 0 unspecified atom stereocenters. The van der Waals surface area contributed by atoms with Crippen LogP contribution in [-0.2, 0) is 0 Å². The number of rotatable bonds is 2. The van der Waals surface area contributed by atoms with Crippen LogP contribution in [-0.4, -0.2) is 5.91 Å². The molecule has 2 aromatic rings. The van der Waals surface area contributed by atoms with Gasteiger partial charge in [-0.15, -0.1) is 0 Å². The fourth-order valence-electron chi connectivity index (χ4n) is 1.64. The number of benzene rings is 2. The van der Waals surface area contributed by atoms with Crippen LogP contribution in [0.5, 0.6) is 0 Å². The van der Waals surface area contributed by atoms with E-state index in [1.165, 1.54) is 0 Å². The van der Waals surface area contributed by atoms with Crippen molar-refractivity contribution in [2.75, 3.05) is 11.1 Å². The number of aryl methyl sites for hydroxylation is 1. The van der Waals surface area contributed by atoms with E-state index < -0.39 is 0 Å². The van der Waals surface area contributed by atoms with Crippen molar-refractivity contribution in [1.29, 1.82) is 0 Å². The summed E-state index contributed by atoms with van der Waals surface area (Å²) in [5.74, 6) is -0.221. The molecule has 3 nitrogen and oxygen atoms in total. The maximum Gasteiger partial charge on any atom is 0.256 e. The van der Waals surface area contributed by atoms with Crippen LogP contribution in [0.3, 0.4) is 0 Å². The molecule has 0 heterocycles. The summed E-state index contributed by atoms with van der Waals surface area (Å²) in [6.07, 6.45) is 0. The minimum atomic E-state index is -0.221. The number of amides is 1. The van der Waals surface area contributed by atoms with Gasteiger partial charge in [-0.3, -0.25) is 4.79 Å². The fourth-order valence-corrected chi connectivity index (χ4v) is 2.50.